The Bertz CT molecular complexity index is 755. The summed E-state index contributed by atoms with van der Waals surface area (Å²) in [6, 6.07) is 0.0604. The van der Waals surface area contributed by atoms with Gasteiger partial charge >= 0.3 is 12.1 Å². The molecule has 0 amide bonds. The minimum Gasteiger partial charge on any atom is -0.481 e. The third-order valence-electron chi connectivity index (χ3n) is 6.15. The summed E-state index contributed by atoms with van der Waals surface area (Å²) in [4.78, 5) is 23.3. The Morgan fingerprint density at radius 2 is 1.96 bits per heavy atom. The number of hydrogen-bond donors (Lipinski definition) is 1. The number of nitrogens with zero attached hydrogens (tertiary/aromatic N) is 4. The molecular formula is C18H23F3N4O2. The van der Waals surface area contributed by atoms with Gasteiger partial charge in [0.15, 0.2) is 5.69 Å². The van der Waals surface area contributed by atoms with E-state index in [4.69, 9.17) is 5.11 Å². The van der Waals surface area contributed by atoms with Crippen molar-refractivity contribution in [3.05, 3.63) is 11.3 Å². The molecule has 3 heterocycles. The first kappa shape index (κ1) is 18.3. The molecule has 3 atom stereocenters. The van der Waals surface area contributed by atoms with E-state index >= 15 is 0 Å². The second kappa shape index (κ2) is 6.53. The van der Waals surface area contributed by atoms with Crippen LogP contribution in [0, 0.1) is 5.92 Å². The highest BCUT2D eigenvalue weighted by molar-refractivity contribution is 5.67. The van der Waals surface area contributed by atoms with Gasteiger partial charge < -0.3 is 14.9 Å². The molecule has 148 valence electrons. The molecule has 0 radical (unpaired) electrons. The first-order chi connectivity index (χ1) is 12.8. The Hall–Kier alpha value is -2.06. The average molecular weight is 384 g/mol. The summed E-state index contributed by atoms with van der Waals surface area (Å²) in [6.45, 7) is 3.04. The van der Waals surface area contributed by atoms with Crippen molar-refractivity contribution in [2.24, 2.45) is 5.92 Å². The van der Waals surface area contributed by atoms with E-state index in [0.29, 0.717) is 18.9 Å². The molecule has 0 bridgehead atoms. The number of carboxylic acids is 1. The van der Waals surface area contributed by atoms with E-state index in [1.54, 1.807) is 4.90 Å². The zero-order chi connectivity index (χ0) is 19.3. The van der Waals surface area contributed by atoms with Crippen LogP contribution >= 0.6 is 0 Å². The van der Waals surface area contributed by atoms with Gasteiger partial charge in [-0.2, -0.15) is 18.2 Å². The third-order valence-corrected chi connectivity index (χ3v) is 6.15. The quantitative estimate of drug-likeness (QED) is 0.860. The van der Waals surface area contributed by atoms with E-state index in [-0.39, 0.29) is 42.4 Å². The standard InChI is InChI=1S/C18H23F3N4O2/c1-10-5-7-24(10)17-22-15(18(19,20)21)12-6-8-25(16(12)23-17)13-4-2-3-11(13)9-14(26)27/h10-11,13H,2-9H2,1H3,(H,26,27)/t10-,11-,13+/m0/s1. The van der Waals surface area contributed by atoms with E-state index in [9.17, 15) is 18.0 Å². The number of hydrogen-bond acceptors (Lipinski definition) is 5. The topological polar surface area (TPSA) is 69.6 Å². The minimum absolute atomic E-state index is 0.0454. The normalized spacial score (nSPS) is 27.6. The van der Waals surface area contributed by atoms with Gasteiger partial charge in [-0.05, 0) is 38.5 Å². The summed E-state index contributed by atoms with van der Waals surface area (Å²) in [5.41, 5.74) is -0.683. The SMILES string of the molecule is C[C@H]1CCN1c1nc2c(c(C(F)(F)F)n1)CCN2[C@@H]1CCC[C@H]1CC(=O)O. The summed E-state index contributed by atoms with van der Waals surface area (Å²) in [6.07, 6.45) is -0.854. The molecule has 2 fully saturated rings. The summed E-state index contributed by atoms with van der Waals surface area (Å²) >= 11 is 0. The third kappa shape index (κ3) is 3.21. The van der Waals surface area contributed by atoms with Gasteiger partial charge in [-0.3, -0.25) is 4.79 Å². The Morgan fingerprint density at radius 3 is 2.56 bits per heavy atom. The number of carbonyl (C=O) groups is 1. The molecular weight excluding hydrogens is 361 g/mol. The zero-order valence-corrected chi connectivity index (χ0v) is 15.2. The van der Waals surface area contributed by atoms with Crippen LogP contribution in [0.25, 0.3) is 0 Å². The van der Waals surface area contributed by atoms with Crippen molar-refractivity contribution in [1.29, 1.82) is 0 Å². The van der Waals surface area contributed by atoms with Crippen molar-refractivity contribution >= 4 is 17.7 Å². The summed E-state index contributed by atoms with van der Waals surface area (Å²) in [5.74, 6) is -0.419. The number of aliphatic carboxylic acids is 1. The van der Waals surface area contributed by atoms with E-state index in [1.165, 1.54) is 0 Å². The van der Waals surface area contributed by atoms with Crippen LogP contribution in [0.4, 0.5) is 24.9 Å². The molecule has 1 aromatic rings. The van der Waals surface area contributed by atoms with Gasteiger partial charge in [0.2, 0.25) is 5.95 Å². The monoisotopic (exact) mass is 384 g/mol. The van der Waals surface area contributed by atoms with Gasteiger partial charge in [-0.25, -0.2) is 4.98 Å². The predicted molar refractivity (Wildman–Crippen MR) is 92.9 cm³/mol. The van der Waals surface area contributed by atoms with E-state index < -0.39 is 17.8 Å². The lowest BCUT2D eigenvalue weighted by atomic mass is 9.98. The molecule has 0 spiro atoms. The summed E-state index contributed by atoms with van der Waals surface area (Å²) in [7, 11) is 0. The molecule has 1 saturated heterocycles. The fourth-order valence-electron chi connectivity index (χ4n) is 4.66. The lowest BCUT2D eigenvalue weighted by Gasteiger charge is -2.39. The second-order valence-electron chi connectivity index (χ2n) is 7.80. The Balaban J connectivity index is 1.73. The number of carboxylic acid groups (broad SMARTS) is 1. The Kier molecular flexibility index (Phi) is 4.43. The second-order valence-corrected chi connectivity index (χ2v) is 7.80. The predicted octanol–water partition coefficient (Wildman–Crippen LogP) is 3.10. The smallest absolute Gasteiger partial charge is 0.433 e. The lowest BCUT2D eigenvalue weighted by molar-refractivity contribution is -0.141. The number of halogens is 3. The van der Waals surface area contributed by atoms with Gasteiger partial charge in [0.1, 0.15) is 5.82 Å². The molecule has 0 unspecified atom stereocenters. The lowest BCUT2D eigenvalue weighted by Crippen LogP contribution is -2.47. The van der Waals surface area contributed by atoms with Crippen LogP contribution in [0.5, 0.6) is 0 Å². The molecule has 27 heavy (non-hydrogen) atoms. The van der Waals surface area contributed by atoms with Crippen molar-refractivity contribution in [2.75, 3.05) is 22.9 Å². The van der Waals surface area contributed by atoms with Crippen LogP contribution in [-0.4, -0.2) is 46.2 Å². The fraction of sp³-hybridized carbons (Fsp3) is 0.722. The molecule has 4 rings (SSSR count). The van der Waals surface area contributed by atoms with Gasteiger partial charge in [-0.1, -0.05) is 6.42 Å². The zero-order valence-electron chi connectivity index (χ0n) is 15.2. The molecule has 9 heteroatoms. The number of fused-ring (bicyclic) bond motifs is 1. The molecule has 3 aliphatic rings. The van der Waals surface area contributed by atoms with Gasteiger partial charge in [0.05, 0.1) is 6.42 Å². The maximum Gasteiger partial charge on any atom is 0.433 e. The van der Waals surface area contributed by atoms with E-state index in [2.05, 4.69) is 9.97 Å². The van der Waals surface area contributed by atoms with Crippen molar-refractivity contribution in [3.63, 3.8) is 0 Å². The molecule has 6 nitrogen and oxygen atoms in total. The largest absolute Gasteiger partial charge is 0.481 e. The van der Waals surface area contributed by atoms with Crippen LogP contribution in [-0.2, 0) is 17.4 Å². The number of anilines is 2. The molecule has 0 aromatic carbocycles. The summed E-state index contributed by atoms with van der Waals surface area (Å²) < 4.78 is 41.0. The number of rotatable bonds is 4. The van der Waals surface area contributed by atoms with Gasteiger partial charge in [0.25, 0.3) is 0 Å². The van der Waals surface area contributed by atoms with Crippen molar-refractivity contribution in [3.8, 4) is 0 Å². The maximum absolute atomic E-state index is 13.7. The van der Waals surface area contributed by atoms with Crippen molar-refractivity contribution in [1.82, 2.24) is 9.97 Å². The van der Waals surface area contributed by atoms with Crippen molar-refractivity contribution in [2.45, 2.75) is 63.7 Å². The Labute approximate surface area is 155 Å². The summed E-state index contributed by atoms with van der Waals surface area (Å²) in [5, 5.41) is 9.17. The first-order valence-corrected chi connectivity index (χ1v) is 9.49. The maximum atomic E-state index is 13.7. The van der Waals surface area contributed by atoms with Gasteiger partial charge in [-0.15, -0.1) is 0 Å². The van der Waals surface area contributed by atoms with Crippen LogP contribution in [0.1, 0.15) is 50.3 Å². The highest BCUT2D eigenvalue weighted by Gasteiger charge is 2.44. The molecule has 1 aliphatic carbocycles. The average Bonchev–Trinajstić information content (AvgIpc) is 3.17. The number of aromatic nitrogens is 2. The highest BCUT2D eigenvalue weighted by Crippen LogP contribution is 2.43. The van der Waals surface area contributed by atoms with Crippen molar-refractivity contribution < 1.29 is 23.1 Å². The molecule has 1 N–H and O–H groups in total. The number of alkyl halides is 3. The van der Waals surface area contributed by atoms with Crippen LogP contribution in [0.2, 0.25) is 0 Å². The van der Waals surface area contributed by atoms with Crippen LogP contribution in [0.3, 0.4) is 0 Å². The van der Waals surface area contributed by atoms with E-state index in [1.807, 2.05) is 11.8 Å². The molecule has 1 aromatic heterocycles. The Morgan fingerprint density at radius 1 is 1.19 bits per heavy atom. The van der Waals surface area contributed by atoms with E-state index in [0.717, 1.165) is 25.7 Å². The first-order valence-electron chi connectivity index (χ1n) is 9.49. The molecule has 2 aliphatic heterocycles. The highest BCUT2D eigenvalue weighted by atomic mass is 19.4. The minimum atomic E-state index is -4.53. The van der Waals surface area contributed by atoms with Crippen LogP contribution in [0.15, 0.2) is 0 Å². The van der Waals surface area contributed by atoms with Gasteiger partial charge in [0, 0.05) is 30.7 Å². The van der Waals surface area contributed by atoms with Crippen LogP contribution < -0.4 is 9.80 Å². The fourth-order valence-corrected chi connectivity index (χ4v) is 4.66. The molecule has 1 saturated carbocycles.